The van der Waals surface area contributed by atoms with E-state index in [9.17, 15) is 5.11 Å². The Labute approximate surface area is 111 Å². The molecule has 0 aliphatic heterocycles. The third-order valence-electron chi connectivity index (χ3n) is 2.63. The van der Waals surface area contributed by atoms with Gasteiger partial charge in [-0.1, -0.05) is 24.3 Å². The maximum atomic E-state index is 10.1. The zero-order valence-electron chi connectivity index (χ0n) is 10.6. The van der Waals surface area contributed by atoms with Gasteiger partial charge in [0, 0.05) is 24.6 Å². The van der Waals surface area contributed by atoms with Crippen LogP contribution in [0.25, 0.3) is 0 Å². The number of nitrogens with zero attached hydrogens (tertiary/aromatic N) is 3. The van der Waals surface area contributed by atoms with Crippen LogP contribution in [0.15, 0.2) is 35.4 Å². The SMILES string of the molecule is CCSc1ccc(C(O)Cc2cn(C)nn2)cc1. The summed E-state index contributed by atoms with van der Waals surface area (Å²) in [5, 5.41) is 18.0. The molecule has 18 heavy (non-hydrogen) atoms. The van der Waals surface area contributed by atoms with Crippen LogP contribution in [-0.2, 0) is 13.5 Å². The lowest BCUT2D eigenvalue weighted by molar-refractivity contribution is 0.177. The number of benzene rings is 1. The quantitative estimate of drug-likeness (QED) is 0.840. The first kappa shape index (κ1) is 13.1. The minimum absolute atomic E-state index is 0.494. The monoisotopic (exact) mass is 263 g/mol. The third kappa shape index (κ3) is 3.34. The van der Waals surface area contributed by atoms with E-state index in [1.165, 1.54) is 4.90 Å². The fourth-order valence-corrected chi connectivity index (χ4v) is 2.42. The molecule has 0 saturated carbocycles. The summed E-state index contributed by atoms with van der Waals surface area (Å²) in [5.41, 5.74) is 1.72. The molecule has 4 nitrogen and oxygen atoms in total. The fourth-order valence-electron chi connectivity index (χ4n) is 1.76. The molecular weight excluding hydrogens is 246 g/mol. The van der Waals surface area contributed by atoms with Crippen LogP contribution >= 0.6 is 11.8 Å². The van der Waals surface area contributed by atoms with Crippen LogP contribution in [-0.4, -0.2) is 25.9 Å². The molecule has 1 atom stereocenters. The van der Waals surface area contributed by atoms with Gasteiger partial charge in [-0.15, -0.1) is 16.9 Å². The highest BCUT2D eigenvalue weighted by Crippen LogP contribution is 2.22. The summed E-state index contributed by atoms with van der Waals surface area (Å²) in [5.74, 6) is 1.06. The second-order valence-corrected chi connectivity index (χ2v) is 5.44. The normalized spacial score (nSPS) is 12.6. The van der Waals surface area contributed by atoms with Crippen molar-refractivity contribution >= 4 is 11.8 Å². The van der Waals surface area contributed by atoms with E-state index in [0.717, 1.165) is 17.0 Å². The van der Waals surface area contributed by atoms with E-state index in [0.29, 0.717) is 6.42 Å². The molecule has 1 heterocycles. The number of aryl methyl sites for hydroxylation is 1. The van der Waals surface area contributed by atoms with Gasteiger partial charge in [-0.05, 0) is 23.4 Å². The van der Waals surface area contributed by atoms with Gasteiger partial charge in [-0.3, -0.25) is 4.68 Å². The van der Waals surface area contributed by atoms with Crippen molar-refractivity contribution in [1.82, 2.24) is 15.0 Å². The largest absolute Gasteiger partial charge is 0.388 e. The van der Waals surface area contributed by atoms with Crippen molar-refractivity contribution < 1.29 is 5.11 Å². The van der Waals surface area contributed by atoms with Gasteiger partial charge in [0.1, 0.15) is 0 Å². The third-order valence-corrected chi connectivity index (χ3v) is 3.52. The molecule has 0 amide bonds. The zero-order chi connectivity index (χ0) is 13.0. The topological polar surface area (TPSA) is 50.9 Å². The molecule has 1 aromatic carbocycles. The van der Waals surface area contributed by atoms with E-state index in [2.05, 4.69) is 17.2 Å². The van der Waals surface area contributed by atoms with Gasteiger partial charge in [-0.2, -0.15) is 0 Å². The number of aliphatic hydroxyl groups excluding tert-OH is 1. The van der Waals surface area contributed by atoms with Crippen molar-refractivity contribution in [3.63, 3.8) is 0 Å². The first-order valence-electron chi connectivity index (χ1n) is 5.95. The van der Waals surface area contributed by atoms with Crippen LogP contribution in [0.4, 0.5) is 0 Å². The van der Waals surface area contributed by atoms with E-state index in [4.69, 9.17) is 0 Å². The highest BCUT2D eigenvalue weighted by atomic mass is 32.2. The molecule has 5 heteroatoms. The lowest BCUT2D eigenvalue weighted by Gasteiger charge is -2.09. The van der Waals surface area contributed by atoms with E-state index in [-0.39, 0.29) is 0 Å². The minimum atomic E-state index is -0.526. The molecule has 0 aliphatic carbocycles. The first-order valence-corrected chi connectivity index (χ1v) is 6.93. The molecule has 0 aliphatic rings. The lowest BCUT2D eigenvalue weighted by Crippen LogP contribution is -2.02. The second kappa shape index (κ2) is 6.02. The average Bonchev–Trinajstić information content (AvgIpc) is 2.76. The summed E-state index contributed by atoms with van der Waals surface area (Å²) < 4.78 is 1.64. The molecule has 2 aromatic rings. The minimum Gasteiger partial charge on any atom is -0.388 e. The van der Waals surface area contributed by atoms with Crippen molar-refractivity contribution in [3.8, 4) is 0 Å². The fraction of sp³-hybridized carbons (Fsp3) is 0.385. The molecular formula is C13H17N3OS. The summed E-state index contributed by atoms with van der Waals surface area (Å²) in [6.07, 6.45) is 1.79. The van der Waals surface area contributed by atoms with Crippen LogP contribution in [0.1, 0.15) is 24.3 Å². The number of aliphatic hydroxyl groups is 1. The van der Waals surface area contributed by atoms with Gasteiger partial charge in [0.25, 0.3) is 0 Å². The maximum Gasteiger partial charge on any atom is 0.0856 e. The molecule has 0 spiro atoms. The molecule has 96 valence electrons. The molecule has 0 radical (unpaired) electrons. The molecule has 1 unspecified atom stereocenters. The van der Waals surface area contributed by atoms with Gasteiger partial charge in [0.15, 0.2) is 0 Å². The Balaban J connectivity index is 2.02. The van der Waals surface area contributed by atoms with E-state index in [1.54, 1.807) is 16.4 Å². The predicted molar refractivity (Wildman–Crippen MR) is 72.5 cm³/mol. The summed E-state index contributed by atoms with van der Waals surface area (Å²) in [6.45, 7) is 2.13. The number of rotatable bonds is 5. The van der Waals surface area contributed by atoms with E-state index in [1.807, 2.05) is 37.5 Å². The number of thioether (sulfide) groups is 1. The molecule has 2 rings (SSSR count). The summed E-state index contributed by atoms with van der Waals surface area (Å²) >= 11 is 1.80. The maximum absolute atomic E-state index is 10.1. The van der Waals surface area contributed by atoms with Gasteiger partial charge in [-0.25, -0.2) is 0 Å². The first-order chi connectivity index (χ1) is 8.69. The van der Waals surface area contributed by atoms with Crippen LogP contribution in [0.2, 0.25) is 0 Å². The van der Waals surface area contributed by atoms with Gasteiger partial charge in [0.05, 0.1) is 11.8 Å². The predicted octanol–water partition coefficient (Wildman–Crippen LogP) is 2.20. The number of hydrogen-bond donors (Lipinski definition) is 1. The van der Waals surface area contributed by atoms with Gasteiger partial charge >= 0.3 is 0 Å². The van der Waals surface area contributed by atoms with E-state index >= 15 is 0 Å². The van der Waals surface area contributed by atoms with E-state index < -0.39 is 6.10 Å². The standard InChI is InChI=1S/C13H17N3OS/c1-3-18-12-6-4-10(5-7-12)13(17)8-11-9-16(2)15-14-11/h4-7,9,13,17H,3,8H2,1-2H3. The van der Waals surface area contributed by atoms with Crippen molar-refractivity contribution in [1.29, 1.82) is 0 Å². The van der Waals surface area contributed by atoms with Crippen molar-refractivity contribution in [2.24, 2.45) is 7.05 Å². The van der Waals surface area contributed by atoms with Crippen molar-refractivity contribution in [2.45, 2.75) is 24.3 Å². The number of aromatic nitrogens is 3. The molecule has 0 bridgehead atoms. The second-order valence-electron chi connectivity index (χ2n) is 4.11. The Morgan fingerprint density at radius 2 is 2.06 bits per heavy atom. The van der Waals surface area contributed by atoms with Crippen molar-refractivity contribution in [2.75, 3.05) is 5.75 Å². The summed E-state index contributed by atoms with van der Waals surface area (Å²) in [7, 11) is 1.82. The zero-order valence-corrected chi connectivity index (χ0v) is 11.4. The van der Waals surface area contributed by atoms with Crippen LogP contribution in [0.5, 0.6) is 0 Å². The highest BCUT2D eigenvalue weighted by Gasteiger charge is 2.10. The Morgan fingerprint density at radius 3 is 2.61 bits per heavy atom. The molecule has 1 aromatic heterocycles. The van der Waals surface area contributed by atoms with Gasteiger partial charge in [0.2, 0.25) is 0 Å². The van der Waals surface area contributed by atoms with Crippen LogP contribution in [0.3, 0.4) is 0 Å². The lowest BCUT2D eigenvalue weighted by atomic mass is 10.1. The molecule has 0 saturated heterocycles. The Bertz CT molecular complexity index is 495. The Kier molecular flexibility index (Phi) is 4.38. The van der Waals surface area contributed by atoms with Crippen LogP contribution < -0.4 is 0 Å². The smallest absolute Gasteiger partial charge is 0.0856 e. The molecule has 0 fully saturated rings. The van der Waals surface area contributed by atoms with Crippen LogP contribution in [0, 0.1) is 0 Å². The Morgan fingerprint density at radius 1 is 1.33 bits per heavy atom. The Hall–Kier alpha value is -1.33. The summed E-state index contributed by atoms with van der Waals surface area (Å²) in [6, 6.07) is 8.03. The van der Waals surface area contributed by atoms with Gasteiger partial charge < -0.3 is 5.11 Å². The van der Waals surface area contributed by atoms with Crippen molar-refractivity contribution in [3.05, 3.63) is 41.7 Å². The summed E-state index contributed by atoms with van der Waals surface area (Å²) in [4.78, 5) is 1.23. The number of hydrogen-bond acceptors (Lipinski definition) is 4. The molecule has 1 N–H and O–H groups in total. The highest BCUT2D eigenvalue weighted by molar-refractivity contribution is 7.99. The average molecular weight is 263 g/mol.